The number of carbonyl (C=O) groups is 2. The molecule has 154 valence electrons. The molecule has 1 heterocycles. The standard InChI is InChI=1S/C24H22F2N2O2/c1-15(2)12-22(29)28(23-19(25)8-5-9-20(23)26)21-11-10-18(14-27-21)24(30)17-7-4-6-16(3)13-17/h4-11,13-15H,12H2,1-3H3. The van der Waals surface area contributed by atoms with E-state index in [1.165, 1.54) is 24.4 Å². The van der Waals surface area contributed by atoms with Gasteiger partial charge in [-0.15, -0.1) is 0 Å². The smallest absolute Gasteiger partial charge is 0.233 e. The quantitative estimate of drug-likeness (QED) is 0.498. The van der Waals surface area contributed by atoms with Crippen LogP contribution in [0.3, 0.4) is 0 Å². The molecule has 1 aromatic heterocycles. The zero-order valence-electron chi connectivity index (χ0n) is 17.0. The van der Waals surface area contributed by atoms with Crippen molar-refractivity contribution in [1.29, 1.82) is 0 Å². The summed E-state index contributed by atoms with van der Waals surface area (Å²) in [6.07, 6.45) is 1.40. The summed E-state index contributed by atoms with van der Waals surface area (Å²) >= 11 is 0. The number of anilines is 2. The van der Waals surface area contributed by atoms with E-state index in [-0.39, 0.29) is 23.9 Å². The largest absolute Gasteiger partial charge is 0.289 e. The summed E-state index contributed by atoms with van der Waals surface area (Å²) in [5.41, 5.74) is 1.30. The average Bonchev–Trinajstić information content (AvgIpc) is 2.70. The maximum atomic E-state index is 14.4. The molecule has 0 aliphatic heterocycles. The Kier molecular flexibility index (Phi) is 6.35. The third-order valence-electron chi connectivity index (χ3n) is 4.51. The summed E-state index contributed by atoms with van der Waals surface area (Å²) in [6.45, 7) is 5.56. The van der Waals surface area contributed by atoms with Crippen LogP contribution in [0, 0.1) is 24.5 Å². The van der Waals surface area contributed by atoms with E-state index in [1.54, 1.807) is 18.2 Å². The fraction of sp³-hybridized carbons (Fsp3) is 0.208. The molecule has 0 saturated heterocycles. The van der Waals surface area contributed by atoms with Crippen LogP contribution in [0.4, 0.5) is 20.3 Å². The van der Waals surface area contributed by atoms with E-state index >= 15 is 0 Å². The molecule has 0 spiro atoms. The van der Waals surface area contributed by atoms with Crippen molar-refractivity contribution in [3.8, 4) is 0 Å². The van der Waals surface area contributed by atoms with Crippen LogP contribution in [0.25, 0.3) is 0 Å². The Morgan fingerprint density at radius 2 is 1.63 bits per heavy atom. The number of aromatic nitrogens is 1. The van der Waals surface area contributed by atoms with Crippen molar-refractivity contribution in [2.75, 3.05) is 4.90 Å². The normalized spacial score (nSPS) is 10.9. The van der Waals surface area contributed by atoms with Crippen LogP contribution in [0.5, 0.6) is 0 Å². The van der Waals surface area contributed by atoms with Crippen LogP contribution in [0.1, 0.15) is 41.8 Å². The molecule has 0 bridgehead atoms. The van der Waals surface area contributed by atoms with Crippen molar-refractivity contribution in [3.05, 3.63) is 89.1 Å². The monoisotopic (exact) mass is 408 g/mol. The number of para-hydroxylation sites is 1. The lowest BCUT2D eigenvalue weighted by molar-refractivity contribution is -0.118. The lowest BCUT2D eigenvalue weighted by Crippen LogP contribution is -2.29. The number of pyridine rings is 1. The van der Waals surface area contributed by atoms with Gasteiger partial charge in [-0.25, -0.2) is 13.8 Å². The minimum Gasteiger partial charge on any atom is -0.289 e. The van der Waals surface area contributed by atoms with Crippen LogP contribution in [-0.4, -0.2) is 16.7 Å². The van der Waals surface area contributed by atoms with Gasteiger partial charge < -0.3 is 0 Å². The predicted molar refractivity (Wildman–Crippen MR) is 112 cm³/mol. The van der Waals surface area contributed by atoms with Gasteiger partial charge in [-0.3, -0.25) is 14.5 Å². The van der Waals surface area contributed by atoms with Crippen molar-refractivity contribution >= 4 is 23.2 Å². The van der Waals surface area contributed by atoms with Gasteiger partial charge in [0.2, 0.25) is 5.91 Å². The second kappa shape index (κ2) is 8.95. The van der Waals surface area contributed by atoms with Gasteiger partial charge in [0.05, 0.1) is 0 Å². The first-order valence-electron chi connectivity index (χ1n) is 9.62. The maximum Gasteiger partial charge on any atom is 0.233 e. The molecule has 0 aliphatic carbocycles. The van der Waals surface area contributed by atoms with Gasteiger partial charge in [-0.05, 0) is 43.2 Å². The average molecular weight is 408 g/mol. The highest BCUT2D eigenvalue weighted by Crippen LogP contribution is 2.31. The summed E-state index contributed by atoms with van der Waals surface area (Å²) in [6, 6.07) is 13.5. The van der Waals surface area contributed by atoms with Gasteiger partial charge in [0.1, 0.15) is 23.1 Å². The number of hydrogen-bond donors (Lipinski definition) is 0. The number of rotatable bonds is 6. The molecule has 0 unspecified atom stereocenters. The number of carbonyl (C=O) groups excluding carboxylic acids is 2. The molecule has 0 N–H and O–H groups in total. The van der Waals surface area contributed by atoms with Crippen LogP contribution in [0.2, 0.25) is 0 Å². The molecule has 30 heavy (non-hydrogen) atoms. The van der Waals surface area contributed by atoms with Crippen LogP contribution in [-0.2, 0) is 4.79 Å². The summed E-state index contributed by atoms with van der Waals surface area (Å²) in [5.74, 6) is -2.42. The van der Waals surface area contributed by atoms with E-state index in [2.05, 4.69) is 4.98 Å². The van der Waals surface area contributed by atoms with Crippen LogP contribution < -0.4 is 4.90 Å². The molecule has 3 rings (SSSR count). The maximum absolute atomic E-state index is 14.4. The summed E-state index contributed by atoms with van der Waals surface area (Å²) in [7, 11) is 0. The molecule has 0 fully saturated rings. The molecular weight excluding hydrogens is 386 g/mol. The minimum absolute atomic E-state index is 0.0167. The van der Waals surface area contributed by atoms with Crippen molar-refractivity contribution in [1.82, 2.24) is 4.98 Å². The Morgan fingerprint density at radius 3 is 2.20 bits per heavy atom. The highest BCUT2D eigenvalue weighted by molar-refractivity contribution is 6.09. The van der Waals surface area contributed by atoms with E-state index < -0.39 is 23.2 Å². The Bertz CT molecular complexity index is 1060. The molecule has 4 nitrogen and oxygen atoms in total. The van der Waals surface area contributed by atoms with Gasteiger partial charge in [-0.2, -0.15) is 0 Å². The summed E-state index contributed by atoms with van der Waals surface area (Å²) < 4.78 is 28.9. The number of benzene rings is 2. The Morgan fingerprint density at radius 1 is 0.967 bits per heavy atom. The number of amides is 1. The van der Waals surface area contributed by atoms with Crippen LogP contribution in [0.15, 0.2) is 60.8 Å². The first kappa shape index (κ1) is 21.3. The molecule has 6 heteroatoms. The molecular formula is C24H22F2N2O2. The third kappa shape index (κ3) is 4.59. The molecule has 0 aliphatic rings. The zero-order chi connectivity index (χ0) is 21.8. The Labute approximate surface area is 174 Å². The van der Waals surface area contributed by atoms with Crippen molar-refractivity contribution in [3.63, 3.8) is 0 Å². The second-order valence-corrected chi connectivity index (χ2v) is 7.50. The third-order valence-corrected chi connectivity index (χ3v) is 4.51. The van der Waals surface area contributed by atoms with Crippen molar-refractivity contribution < 1.29 is 18.4 Å². The summed E-state index contributed by atoms with van der Waals surface area (Å²) in [4.78, 5) is 30.6. The zero-order valence-corrected chi connectivity index (χ0v) is 17.0. The predicted octanol–water partition coefficient (Wildman–Crippen LogP) is 5.61. The molecule has 2 aromatic carbocycles. The number of halogens is 2. The van der Waals surface area contributed by atoms with E-state index in [9.17, 15) is 18.4 Å². The van der Waals surface area contributed by atoms with Crippen molar-refractivity contribution in [2.24, 2.45) is 5.92 Å². The first-order valence-corrected chi connectivity index (χ1v) is 9.62. The van der Waals surface area contributed by atoms with Gasteiger partial charge in [0, 0.05) is 23.7 Å². The van der Waals surface area contributed by atoms with Crippen molar-refractivity contribution in [2.45, 2.75) is 27.2 Å². The fourth-order valence-corrected chi connectivity index (χ4v) is 3.12. The molecule has 3 aromatic rings. The minimum atomic E-state index is -0.867. The molecule has 0 atom stereocenters. The lowest BCUT2D eigenvalue weighted by Gasteiger charge is -2.24. The molecule has 0 saturated carbocycles. The number of ketones is 1. The number of hydrogen-bond acceptors (Lipinski definition) is 3. The van der Waals surface area contributed by atoms with Gasteiger partial charge >= 0.3 is 0 Å². The summed E-state index contributed by atoms with van der Waals surface area (Å²) in [5, 5.41) is 0. The van der Waals surface area contributed by atoms with Gasteiger partial charge in [-0.1, -0.05) is 43.7 Å². The van der Waals surface area contributed by atoms with E-state index in [0.29, 0.717) is 11.1 Å². The molecule has 0 radical (unpaired) electrons. The SMILES string of the molecule is Cc1cccc(C(=O)c2ccc(N(C(=O)CC(C)C)c3c(F)cccc3F)nc2)c1. The molecule has 1 amide bonds. The fourth-order valence-electron chi connectivity index (χ4n) is 3.12. The topological polar surface area (TPSA) is 50.3 Å². The number of aryl methyl sites for hydroxylation is 1. The highest BCUT2D eigenvalue weighted by Gasteiger charge is 2.26. The Hall–Kier alpha value is -3.41. The second-order valence-electron chi connectivity index (χ2n) is 7.50. The highest BCUT2D eigenvalue weighted by atomic mass is 19.1. The van der Waals surface area contributed by atoms with Gasteiger partial charge in [0.15, 0.2) is 5.78 Å². The van der Waals surface area contributed by atoms with E-state index in [0.717, 1.165) is 22.6 Å². The van der Waals surface area contributed by atoms with E-state index in [1.807, 2.05) is 26.8 Å². The first-order chi connectivity index (χ1) is 14.3. The number of nitrogens with zero attached hydrogens (tertiary/aromatic N) is 2. The van der Waals surface area contributed by atoms with E-state index in [4.69, 9.17) is 0 Å². The van der Waals surface area contributed by atoms with Crippen LogP contribution >= 0.6 is 0 Å². The van der Waals surface area contributed by atoms with Gasteiger partial charge in [0.25, 0.3) is 0 Å². The Balaban J connectivity index is 2.00. The lowest BCUT2D eigenvalue weighted by atomic mass is 10.0.